The van der Waals surface area contributed by atoms with Crippen LogP contribution in [0.2, 0.25) is 0 Å². The van der Waals surface area contributed by atoms with Gasteiger partial charge in [-0.2, -0.15) is 0 Å². The van der Waals surface area contributed by atoms with Crippen molar-refractivity contribution in [3.8, 4) is 0 Å². The minimum absolute atomic E-state index is 0.00379. The van der Waals surface area contributed by atoms with Crippen molar-refractivity contribution in [2.45, 2.75) is 34.6 Å². The summed E-state index contributed by atoms with van der Waals surface area (Å²) in [7, 11) is 0. The van der Waals surface area contributed by atoms with Gasteiger partial charge in [-0.3, -0.25) is 0 Å². The molecule has 0 atom stereocenters. The molecule has 0 fully saturated rings. The standard InChI is InChI=1S/C18H25NO/c1-13(2)6-7-16(17(20)12-19)15-9-11-18(4,5)10-8-14(15)3/h6-13,19-20H,1-5H3/b7-6-,17-16-,19-12?. The molecule has 108 valence electrons. The van der Waals surface area contributed by atoms with E-state index < -0.39 is 0 Å². The van der Waals surface area contributed by atoms with Gasteiger partial charge in [0, 0.05) is 11.0 Å². The molecule has 0 aromatic carbocycles. The molecule has 0 bridgehead atoms. The quantitative estimate of drug-likeness (QED) is 0.415. The van der Waals surface area contributed by atoms with Crippen molar-refractivity contribution in [2.75, 3.05) is 0 Å². The van der Waals surface area contributed by atoms with Gasteiger partial charge in [0.25, 0.3) is 0 Å². The summed E-state index contributed by atoms with van der Waals surface area (Å²) in [6.07, 6.45) is 13.3. The van der Waals surface area contributed by atoms with Crippen LogP contribution >= 0.6 is 0 Å². The zero-order chi connectivity index (χ0) is 15.3. The SMILES string of the molecule is CC1=C(C(/C=C\C(C)C)=C(\O)C=N)C=CC(C)(C)C=C1. The van der Waals surface area contributed by atoms with E-state index in [4.69, 9.17) is 5.41 Å². The fourth-order valence-electron chi connectivity index (χ4n) is 1.90. The van der Waals surface area contributed by atoms with Gasteiger partial charge in [-0.15, -0.1) is 0 Å². The van der Waals surface area contributed by atoms with Crippen LogP contribution in [0.15, 0.2) is 58.9 Å². The molecular weight excluding hydrogens is 246 g/mol. The van der Waals surface area contributed by atoms with Crippen molar-refractivity contribution < 1.29 is 5.11 Å². The van der Waals surface area contributed by atoms with Gasteiger partial charge in [0.1, 0.15) is 5.76 Å². The van der Waals surface area contributed by atoms with Gasteiger partial charge in [-0.05, 0) is 24.0 Å². The second kappa shape index (κ2) is 6.56. The number of aliphatic hydroxyl groups is 1. The topological polar surface area (TPSA) is 44.1 Å². The van der Waals surface area contributed by atoms with Gasteiger partial charge < -0.3 is 10.5 Å². The third-order valence-corrected chi connectivity index (χ3v) is 3.22. The Balaban J connectivity index is 3.35. The first-order valence-corrected chi connectivity index (χ1v) is 6.98. The lowest BCUT2D eigenvalue weighted by molar-refractivity contribution is 0.442. The molecule has 20 heavy (non-hydrogen) atoms. The van der Waals surface area contributed by atoms with Crippen LogP contribution in [0.25, 0.3) is 0 Å². The Kier molecular flexibility index (Phi) is 5.32. The van der Waals surface area contributed by atoms with Crippen LogP contribution in [0.1, 0.15) is 34.6 Å². The van der Waals surface area contributed by atoms with Gasteiger partial charge in [-0.1, -0.05) is 64.2 Å². The molecule has 0 heterocycles. The molecule has 0 spiro atoms. The molecule has 2 heteroatoms. The lowest BCUT2D eigenvalue weighted by Crippen LogP contribution is -2.01. The molecule has 0 saturated heterocycles. The molecular formula is C18H25NO. The molecule has 2 nitrogen and oxygen atoms in total. The smallest absolute Gasteiger partial charge is 0.140 e. The summed E-state index contributed by atoms with van der Waals surface area (Å²) in [5.41, 5.74) is 2.74. The Hall–Kier alpha value is -1.83. The van der Waals surface area contributed by atoms with E-state index in [0.29, 0.717) is 11.5 Å². The summed E-state index contributed by atoms with van der Waals surface area (Å²) < 4.78 is 0. The normalized spacial score (nSPS) is 19.5. The molecule has 0 aromatic rings. The molecule has 0 saturated carbocycles. The average Bonchev–Trinajstić information content (AvgIpc) is 2.50. The van der Waals surface area contributed by atoms with E-state index in [0.717, 1.165) is 17.4 Å². The zero-order valence-corrected chi connectivity index (χ0v) is 13.1. The maximum atomic E-state index is 10.0. The number of aliphatic hydroxyl groups excluding tert-OH is 1. The van der Waals surface area contributed by atoms with Crippen LogP contribution < -0.4 is 0 Å². The number of rotatable bonds is 4. The van der Waals surface area contributed by atoms with Crippen LogP contribution in [0.3, 0.4) is 0 Å². The largest absolute Gasteiger partial charge is 0.506 e. The molecule has 0 aromatic heterocycles. The number of allylic oxidation sites excluding steroid dienone is 10. The van der Waals surface area contributed by atoms with E-state index in [9.17, 15) is 5.11 Å². The van der Waals surface area contributed by atoms with E-state index in [1.807, 2.05) is 25.2 Å². The average molecular weight is 271 g/mol. The predicted molar refractivity (Wildman–Crippen MR) is 87.2 cm³/mol. The number of hydrogen-bond acceptors (Lipinski definition) is 2. The van der Waals surface area contributed by atoms with Crippen molar-refractivity contribution in [3.05, 3.63) is 58.9 Å². The van der Waals surface area contributed by atoms with Gasteiger partial charge in [0.15, 0.2) is 0 Å². The summed E-state index contributed by atoms with van der Waals surface area (Å²) in [5.74, 6) is 0.389. The highest BCUT2D eigenvalue weighted by atomic mass is 16.3. The van der Waals surface area contributed by atoms with Crippen molar-refractivity contribution in [3.63, 3.8) is 0 Å². The monoisotopic (exact) mass is 271 g/mol. The minimum atomic E-state index is -0.00555. The Morgan fingerprint density at radius 1 is 1.25 bits per heavy atom. The van der Waals surface area contributed by atoms with Gasteiger partial charge >= 0.3 is 0 Å². The molecule has 0 radical (unpaired) electrons. The van der Waals surface area contributed by atoms with E-state index in [1.54, 1.807) is 0 Å². The Morgan fingerprint density at radius 3 is 2.40 bits per heavy atom. The second-order valence-electron chi connectivity index (χ2n) is 6.13. The zero-order valence-electron chi connectivity index (χ0n) is 13.1. The fraction of sp³-hybridized carbons (Fsp3) is 0.389. The van der Waals surface area contributed by atoms with Gasteiger partial charge in [0.2, 0.25) is 0 Å². The highest BCUT2D eigenvalue weighted by molar-refractivity contribution is 5.77. The second-order valence-corrected chi connectivity index (χ2v) is 6.13. The third kappa shape index (κ3) is 4.37. The van der Waals surface area contributed by atoms with Crippen molar-refractivity contribution in [1.29, 1.82) is 5.41 Å². The van der Waals surface area contributed by atoms with Crippen LogP contribution in [-0.4, -0.2) is 11.3 Å². The van der Waals surface area contributed by atoms with E-state index in [-0.39, 0.29) is 11.2 Å². The summed E-state index contributed by atoms with van der Waals surface area (Å²) >= 11 is 0. The van der Waals surface area contributed by atoms with Crippen molar-refractivity contribution in [2.24, 2.45) is 11.3 Å². The van der Waals surface area contributed by atoms with E-state index >= 15 is 0 Å². The van der Waals surface area contributed by atoms with E-state index in [1.165, 1.54) is 0 Å². The van der Waals surface area contributed by atoms with Gasteiger partial charge in [0.05, 0.1) is 6.21 Å². The molecule has 2 N–H and O–H groups in total. The lowest BCUT2D eigenvalue weighted by Gasteiger charge is -2.12. The first-order valence-electron chi connectivity index (χ1n) is 6.98. The fourth-order valence-corrected chi connectivity index (χ4v) is 1.90. The summed E-state index contributed by atoms with van der Waals surface area (Å²) in [5, 5.41) is 17.3. The van der Waals surface area contributed by atoms with Gasteiger partial charge in [-0.25, -0.2) is 0 Å². The maximum absolute atomic E-state index is 10.0. The number of nitrogens with one attached hydrogen (secondary N) is 1. The molecule has 1 rings (SSSR count). The highest BCUT2D eigenvalue weighted by Gasteiger charge is 2.15. The first-order chi connectivity index (χ1) is 9.26. The molecule has 0 amide bonds. The van der Waals surface area contributed by atoms with Crippen LogP contribution in [0.4, 0.5) is 0 Å². The number of hydrogen-bond donors (Lipinski definition) is 2. The van der Waals surface area contributed by atoms with Crippen molar-refractivity contribution in [1.82, 2.24) is 0 Å². The summed E-state index contributed by atoms with van der Waals surface area (Å²) in [4.78, 5) is 0. The summed E-state index contributed by atoms with van der Waals surface area (Å²) in [6.45, 7) is 10.5. The minimum Gasteiger partial charge on any atom is -0.506 e. The molecule has 0 aliphatic heterocycles. The lowest BCUT2D eigenvalue weighted by atomic mass is 9.92. The highest BCUT2D eigenvalue weighted by Crippen LogP contribution is 2.29. The van der Waals surface area contributed by atoms with Crippen molar-refractivity contribution >= 4 is 6.21 Å². The molecule has 1 aliphatic rings. The van der Waals surface area contributed by atoms with Crippen LogP contribution in [0, 0.1) is 16.7 Å². The van der Waals surface area contributed by atoms with Crippen LogP contribution in [0.5, 0.6) is 0 Å². The Morgan fingerprint density at radius 2 is 1.85 bits per heavy atom. The molecule has 0 unspecified atom stereocenters. The van der Waals surface area contributed by atoms with Crippen LogP contribution in [-0.2, 0) is 0 Å². The summed E-state index contributed by atoms with van der Waals surface area (Å²) in [6, 6.07) is 0. The Labute approximate surface area is 122 Å². The first kappa shape index (κ1) is 16.2. The predicted octanol–water partition coefficient (Wildman–Crippen LogP) is 5.13. The maximum Gasteiger partial charge on any atom is 0.140 e. The Bertz CT molecular complexity index is 526. The third-order valence-electron chi connectivity index (χ3n) is 3.22. The molecule has 1 aliphatic carbocycles. The van der Waals surface area contributed by atoms with E-state index in [2.05, 4.69) is 45.9 Å².